The Labute approximate surface area is 126 Å². The highest BCUT2D eigenvalue weighted by Gasteiger charge is 2.01. The molecule has 0 saturated heterocycles. The van der Waals surface area contributed by atoms with Crippen molar-refractivity contribution in [1.82, 2.24) is 0 Å². The second kappa shape index (κ2) is 6.55. The van der Waals surface area contributed by atoms with Gasteiger partial charge in [-0.1, -0.05) is 48.5 Å². The van der Waals surface area contributed by atoms with Crippen LogP contribution in [0.1, 0.15) is 22.3 Å². The van der Waals surface area contributed by atoms with E-state index in [1.807, 2.05) is 62.4 Å². The van der Waals surface area contributed by atoms with Crippen molar-refractivity contribution < 1.29 is 8.42 Å². The molecule has 0 aliphatic carbocycles. The zero-order valence-corrected chi connectivity index (χ0v) is 13.0. The van der Waals surface area contributed by atoms with Gasteiger partial charge in [-0.2, -0.15) is 0 Å². The first-order chi connectivity index (χ1) is 9.98. The van der Waals surface area contributed by atoms with Crippen LogP contribution in [0.2, 0.25) is 0 Å². The largest absolute Gasteiger partial charge is 0.220 e. The molecule has 0 N–H and O–H groups in total. The number of benzene rings is 2. The van der Waals surface area contributed by atoms with E-state index in [0.717, 1.165) is 22.3 Å². The fourth-order valence-corrected chi connectivity index (χ4v) is 2.69. The van der Waals surface area contributed by atoms with Crippen LogP contribution in [0, 0.1) is 13.8 Å². The van der Waals surface area contributed by atoms with Gasteiger partial charge in [0, 0.05) is 10.8 Å². The summed E-state index contributed by atoms with van der Waals surface area (Å²) in [6, 6.07) is 15.3. The highest BCUT2D eigenvalue weighted by atomic mass is 32.2. The number of rotatable bonds is 4. The van der Waals surface area contributed by atoms with E-state index in [1.54, 1.807) is 12.2 Å². The molecule has 0 unspecified atom stereocenters. The summed E-state index contributed by atoms with van der Waals surface area (Å²) in [5, 5.41) is 2.48. The summed E-state index contributed by atoms with van der Waals surface area (Å²) in [5.41, 5.74) is 3.91. The van der Waals surface area contributed by atoms with Crippen LogP contribution in [0.15, 0.2) is 59.3 Å². The molecule has 0 saturated carbocycles. The minimum atomic E-state index is -3.37. The molecule has 2 nitrogen and oxygen atoms in total. The molecule has 2 rings (SSSR count). The Kier molecular flexibility index (Phi) is 4.76. The lowest BCUT2D eigenvalue weighted by Gasteiger charge is -1.99. The van der Waals surface area contributed by atoms with E-state index in [1.165, 1.54) is 10.8 Å². The molecule has 0 fully saturated rings. The van der Waals surface area contributed by atoms with E-state index in [0.29, 0.717) is 0 Å². The fraction of sp³-hybridized carbons (Fsp3) is 0.111. The Balaban J connectivity index is 2.20. The quantitative estimate of drug-likeness (QED) is 0.840. The third-order valence-electron chi connectivity index (χ3n) is 3.25. The van der Waals surface area contributed by atoms with Crippen molar-refractivity contribution in [3.63, 3.8) is 0 Å². The molecule has 108 valence electrons. The van der Waals surface area contributed by atoms with Crippen LogP contribution in [0.3, 0.4) is 0 Å². The van der Waals surface area contributed by atoms with E-state index in [4.69, 9.17) is 0 Å². The van der Waals surface area contributed by atoms with E-state index >= 15 is 0 Å². The van der Waals surface area contributed by atoms with Gasteiger partial charge >= 0.3 is 0 Å². The SMILES string of the molecule is Cc1ccccc1C=CS(=O)(=O)C=Cc1ccccc1C. The van der Waals surface area contributed by atoms with Crippen LogP contribution in [-0.4, -0.2) is 8.42 Å². The smallest absolute Gasteiger partial charge is 0.193 e. The predicted molar refractivity (Wildman–Crippen MR) is 89.3 cm³/mol. The molecule has 2 aromatic rings. The van der Waals surface area contributed by atoms with Crippen LogP contribution in [0.4, 0.5) is 0 Å². The maximum absolute atomic E-state index is 12.0. The van der Waals surface area contributed by atoms with Gasteiger partial charge in [-0.3, -0.25) is 0 Å². The molecule has 0 aromatic heterocycles. The molecule has 3 heteroatoms. The molecule has 0 aliphatic heterocycles. The lowest BCUT2D eigenvalue weighted by Crippen LogP contribution is -1.89. The number of hydrogen-bond acceptors (Lipinski definition) is 2. The molecule has 0 atom stereocenters. The molecule has 2 aromatic carbocycles. The van der Waals surface area contributed by atoms with Crippen molar-refractivity contribution in [1.29, 1.82) is 0 Å². The highest BCUT2D eigenvalue weighted by molar-refractivity contribution is 7.97. The average molecular weight is 298 g/mol. The Morgan fingerprint density at radius 3 is 1.48 bits per heavy atom. The summed E-state index contributed by atoms with van der Waals surface area (Å²) >= 11 is 0. The molecule has 0 spiro atoms. The van der Waals surface area contributed by atoms with Crippen molar-refractivity contribution in [2.45, 2.75) is 13.8 Å². The van der Waals surface area contributed by atoms with Crippen molar-refractivity contribution in [3.8, 4) is 0 Å². The zero-order chi connectivity index (χ0) is 15.3. The topological polar surface area (TPSA) is 34.1 Å². The maximum atomic E-state index is 12.0. The van der Waals surface area contributed by atoms with Gasteiger partial charge < -0.3 is 0 Å². The third kappa shape index (κ3) is 4.43. The second-order valence-electron chi connectivity index (χ2n) is 4.91. The van der Waals surface area contributed by atoms with Crippen LogP contribution in [-0.2, 0) is 9.84 Å². The number of hydrogen-bond donors (Lipinski definition) is 0. The summed E-state index contributed by atoms with van der Waals surface area (Å²) in [7, 11) is -3.37. The zero-order valence-electron chi connectivity index (χ0n) is 12.2. The van der Waals surface area contributed by atoms with Crippen LogP contribution in [0.25, 0.3) is 12.2 Å². The summed E-state index contributed by atoms with van der Waals surface area (Å²) in [4.78, 5) is 0. The maximum Gasteiger partial charge on any atom is 0.193 e. The Hall–Kier alpha value is -2.13. The van der Waals surface area contributed by atoms with Crippen molar-refractivity contribution >= 4 is 22.0 Å². The third-order valence-corrected chi connectivity index (χ3v) is 4.28. The molecule has 0 radical (unpaired) electrons. The van der Waals surface area contributed by atoms with Gasteiger partial charge in [0.05, 0.1) is 0 Å². The van der Waals surface area contributed by atoms with Gasteiger partial charge in [0.25, 0.3) is 0 Å². The lowest BCUT2D eigenvalue weighted by molar-refractivity contribution is 0.613. The van der Waals surface area contributed by atoms with Gasteiger partial charge in [0.1, 0.15) is 0 Å². The van der Waals surface area contributed by atoms with Gasteiger partial charge in [-0.25, -0.2) is 8.42 Å². The van der Waals surface area contributed by atoms with Crippen LogP contribution >= 0.6 is 0 Å². The Morgan fingerprint density at radius 2 is 1.10 bits per heavy atom. The molecule has 0 aliphatic rings. The highest BCUT2D eigenvalue weighted by Crippen LogP contribution is 2.13. The Bertz CT molecular complexity index is 723. The number of sulfone groups is 1. The first-order valence-corrected chi connectivity index (χ1v) is 8.31. The van der Waals surface area contributed by atoms with Gasteiger partial charge in [0.2, 0.25) is 0 Å². The van der Waals surface area contributed by atoms with Gasteiger partial charge in [-0.15, -0.1) is 0 Å². The summed E-state index contributed by atoms with van der Waals surface area (Å²) in [5.74, 6) is 0. The average Bonchev–Trinajstić information content (AvgIpc) is 2.46. The monoisotopic (exact) mass is 298 g/mol. The molecule has 0 amide bonds. The molecular formula is C18H18O2S. The molecular weight excluding hydrogens is 280 g/mol. The fourth-order valence-electron chi connectivity index (χ4n) is 1.93. The predicted octanol–water partition coefficient (Wildman–Crippen LogP) is 4.36. The van der Waals surface area contributed by atoms with Gasteiger partial charge in [-0.05, 0) is 48.3 Å². The van der Waals surface area contributed by atoms with E-state index in [9.17, 15) is 8.42 Å². The van der Waals surface area contributed by atoms with Crippen LogP contribution < -0.4 is 0 Å². The van der Waals surface area contributed by atoms with Gasteiger partial charge in [0.15, 0.2) is 9.84 Å². The van der Waals surface area contributed by atoms with Crippen molar-refractivity contribution in [2.75, 3.05) is 0 Å². The van der Waals surface area contributed by atoms with E-state index in [2.05, 4.69) is 0 Å². The summed E-state index contributed by atoms with van der Waals surface area (Å²) in [6.45, 7) is 3.91. The summed E-state index contributed by atoms with van der Waals surface area (Å²) in [6.07, 6.45) is 3.26. The molecule has 0 bridgehead atoms. The van der Waals surface area contributed by atoms with Crippen LogP contribution in [0.5, 0.6) is 0 Å². The van der Waals surface area contributed by atoms with E-state index < -0.39 is 9.84 Å². The first-order valence-electron chi connectivity index (χ1n) is 6.70. The minimum absolute atomic E-state index is 0.908. The first kappa shape index (κ1) is 15.3. The lowest BCUT2D eigenvalue weighted by atomic mass is 10.1. The Morgan fingerprint density at radius 1 is 0.714 bits per heavy atom. The summed E-state index contributed by atoms with van der Waals surface area (Å²) < 4.78 is 24.1. The normalized spacial score (nSPS) is 12.3. The van der Waals surface area contributed by atoms with Crippen molar-refractivity contribution in [3.05, 3.63) is 81.6 Å². The standard InChI is InChI=1S/C18H18O2S/c1-15-7-3-5-9-17(15)11-13-21(19,20)14-12-18-10-6-4-8-16(18)2/h3-14H,1-2H3. The molecule has 21 heavy (non-hydrogen) atoms. The minimum Gasteiger partial charge on any atom is -0.220 e. The molecule has 0 heterocycles. The number of aryl methyl sites for hydroxylation is 2. The van der Waals surface area contributed by atoms with Crippen molar-refractivity contribution in [2.24, 2.45) is 0 Å². The van der Waals surface area contributed by atoms with E-state index in [-0.39, 0.29) is 0 Å². The second-order valence-corrected chi connectivity index (χ2v) is 6.63.